The SMILES string of the molecule is CCNC(c1ccc(F)c(C)c1)C1C2CCCCC21. The summed E-state index contributed by atoms with van der Waals surface area (Å²) in [4.78, 5) is 0. The maximum absolute atomic E-state index is 13.4. The molecular formula is C17H24FN. The molecule has 0 amide bonds. The third-order valence-corrected chi connectivity index (χ3v) is 5.07. The molecule has 1 aromatic rings. The molecule has 0 saturated heterocycles. The van der Waals surface area contributed by atoms with Gasteiger partial charge in [-0.25, -0.2) is 4.39 Å². The first-order chi connectivity index (χ1) is 9.22. The van der Waals surface area contributed by atoms with Crippen molar-refractivity contribution in [1.82, 2.24) is 5.32 Å². The van der Waals surface area contributed by atoms with Crippen molar-refractivity contribution < 1.29 is 4.39 Å². The predicted octanol–water partition coefficient (Wildman–Crippen LogP) is 4.22. The van der Waals surface area contributed by atoms with Crippen molar-refractivity contribution in [3.63, 3.8) is 0 Å². The largest absolute Gasteiger partial charge is 0.310 e. The summed E-state index contributed by atoms with van der Waals surface area (Å²) in [6.07, 6.45) is 5.60. The molecule has 0 spiro atoms. The fourth-order valence-corrected chi connectivity index (χ4v) is 4.10. The molecule has 0 aliphatic heterocycles. The first kappa shape index (κ1) is 13.1. The average molecular weight is 261 g/mol. The highest BCUT2D eigenvalue weighted by molar-refractivity contribution is 5.29. The Labute approximate surface area is 115 Å². The highest BCUT2D eigenvalue weighted by Gasteiger charge is 2.54. The van der Waals surface area contributed by atoms with E-state index in [0.29, 0.717) is 6.04 Å². The molecule has 0 heterocycles. The van der Waals surface area contributed by atoms with Crippen molar-refractivity contribution in [3.05, 3.63) is 35.1 Å². The van der Waals surface area contributed by atoms with Gasteiger partial charge in [-0.2, -0.15) is 0 Å². The fourth-order valence-electron chi connectivity index (χ4n) is 4.10. The van der Waals surface area contributed by atoms with Crippen LogP contribution in [0.1, 0.15) is 49.8 Å². The standard InChI is InChI=1S/C17H24FN/c1-3-19-17(12-8-9-15(18)11(2)10-12)16-13-6-4-5-7-14(13)16/h8-10,13-14,16-17,19H,3-7H2,1-2H3. The van der Waals surface area contributed by atoms with Crippen molar-refractivity contribution in [2.45, 2.75) is 45.6 Å². The second-order valence-corrected chi connectivity index (χ2v) is 6.23. The van der Waals surface area contributed by atoms with Gasteiger partial charge in [0.25, 0.3) is 0 Å². The van der Waals surface area contributed by atoms with Gasteiger partial charge in [0.05, 0.1) is 0 Å². The zero-order chi connectivity index (χ0) is 13.4. The van der Waals surface area contributed by atoms with Gasteiger partial charge in [-0.3, -0.25) is 0 Å². The van der Waals surface area contributed by atoms with E-state index in [9.17, 15) is 4.39 Å². The minimum absolute atomic E-state index is 0.0905. The molecule has 0 radical (unpaired) electrons. The first-order valence-electron chi connectivity index (χ1n) is 7.71. The smallest absolute Gasteiger partial charge is 0.126 e. The van der Waals surface area contributed by atoms with E-state index in [1.54, 1.807) is 6.07 Å². The van der Waals surface area contributed by atoms with E-state index < -0.39 is 0 Å². The van der Waals surface area contributed by atoms with Crippen molar-refractivity contribution in [1.29, 1.82) is 0 Å². The van der Waals surface area contributed by atoms with Crippen LogP contribution >= 0.6 is 0 Å². The highest BCUT2D eigenvalue weighted by Crippen LogP contribution is 2.60. The van der Waals surface area contributed by atoms with Crippen molar-refractivity contribution in [2.75, 3.05) is 6.54 Å². The van der Waals surface area contributed by atoms with E-state index in [-0.39, 0.29) is 5.82 Å². The molecule has 2 aliphatic rings. The summed E-state index contributed by atoms with van der Waals surface area (Å²) < 4.78 is 13.4. The lowest BCUT2D eigenvalue weighted by molar-refractivity contribution is 0.455. The summed E-state index contributed by atoms with van der Waals surface area (Å²) in [5, 5.41) is 3.64. The Balaban J connectivity index is 1.82. The lowest BCUT2D eigenvalue weighted by atomic mass is 9.98. The van der Waals surface area contributed by atoms with E-state index in [1.807, 2.05) is 19.1 Å². The number of rotatable bonds is 4. The summed E-state index contributed by atoms with van der Waals surface area (Å²) in [5.74, 6) is 2.53. The Hall–Kier alpha value is -0.890. The van der Waals surface area contributed by atoms with Crippen LogP contribution in [-0.4, -0.2) is 6.54 Å². The molecule has 1 nitrogen and oxygen atoms in total. The van der Waals surface area contributed by atoms with Crippen molar-refractivity contribution in [2.24, 2.45) is 17.8 Å². The van der Waals surface area contributed by atoms with Gasteiger partial charge >= 0.3 is 0 Å². The van der Waals surface area contributed by atoms with Crippen LogP contribution < -0.4 is 5.32 Å². The number of fused-ring (bicyclic) bond motifs is 1. The number of aryl methyl sites for hydroxylation is 1. The Bertz CT molecular complexity index is 445. The van der Waals surface area contributed by atoms with Gasteiger partial charge in [-0.1, -0.05) is 31.9 Å². The second kappa shape index (κ2) is 5.24. The molecule has 1 N–H and O–H groups in total. The fraction of sp³-hybridized carbons (Fsp3) is 0.647. The zero-order valence-electron chi connectivity index (χ0n) is 12.0. The zero-order valence-corrected chi connectivity index (χ0v) is 12.0. The number of halogens is 1. The van der Waals surface area contributed by atoms with Crippen LogP contribution in [0.4, 0.5) is 4.39 Å². The minimum Gasteiger partial charge on any atom is -0.310 e. The summed E-state index contributed by atoms with van der Waals surface area (Å²) in [7, 11) is 0. The molecule has 2 fully saturated rings. The van der Waals surface area contributed by atoms with E-state index >= 15 is 0 Å². The molecule has 3 rings (SSSR count). The molecule has 1 aromatic carbocycles. The second-order valence-electron chi connectivity index (χ2n) is 6.23. The predicted molar refractivity (Wildman–Crippen MR) is 76.5 cm³/mol. The van der Waals surface area contributed by atoms with Crippen LogP contribution in [0.3, 0.4) is 0 Å². The van der Waals surface area contributed by atoms with E-state index in [2.05, 4.69) is 12.2 Å². The molecule has 3 unspecified atom stereocenters. The van der Waals surface area contributed by atoms with Crippen LogP contribution in [0.2, 0.25) is 0 Å². The molecule has 0 aromatic heterocycles. The van der Waals surface area contributed by atoms with E-state index in [0.717, 1.165) is 29.9 Å². The lowest BCUT2D eigenvalue weighted by Crippen LogP contribution is -2.24. The van der Waals surface area contributed by atoms with Gasteiger partial charge in [-0.15, -0.1) is 0 Å². The molecule has 3 atom stereocenters. The molecule has 19 heavy (non-hydrogen) atoms. The summed E-state index contributed by atoms with van der Waals surface area (Å²) >= 11 is 0. The topological polar surface area (TPSA) is 12.0 Å². The molecule has 2 aliphatic carbocycles. The highest BCUT2D eigenvalue weighted by atomic mass is 19.1. The number of benzene rings is 1. The summed E-state index contributed by atoms with van der Waals surface area (Å²) in [6.45, 7) is 5.01. The first-order valence-corrected chi connectivity index (χ1v) is 7.71. The van der Waals surface area contributed by atoms with Gasteiger partial charge in [0.15, 0.2) is 0 Å². The lowest BCUT2D eigenvalue weighted by Gasteiger charge is -2.19. The van der Waals surface area contributed by atoms with Gasteiger partial charge < -0.3 is 5.32 Å². The van der Waals surface area contributed by atoms with Crippen LogP contribution in [0, 0.1) is 30.5 Å². The number of hydrogen-bond donors (Lipinski definition) is 1. The maximum atomic E-state index is 13.4. The van der Waals surface area contributed by atoms with Gasteiger partial charge in [0, 0.05) is 6.04 Å². The summed E-state index contributed by atoms with van der Waals surface area (Å²) in [6, 6.07) is 6.06. The maximum Gasteiger partial charge on any atom is 0.126 e. The van der Waals surface area contributed by atoms with Gasteiger partial charge in [-0.05, 0) is 61.3 Å². The van der Waals surface area contributed by atoms with E-state index in [1.165, 1.54) is 31.2 Å². The van der Waals surface area contributed by atoms with Crippen LogP contribution in [0.5, 0.6) is 0 Å². The summed E-state index contributed by atoms with van der Waals surface area (Å²) in [5.41, 5.74) is 2.05. The molecular weight excluding hydrogens is 237 g/mol. The molecule has 104 valence electrons. The number of hydrogen-bond acceptors (Lipinski definition) is 1. The Morgan fingerprint density at radius 1 is 1.26 bits per heavy atom. The monoisotopic (exact) mass is 261 g/mol. The number of nitrogens with one attached hydrogen (secondary N) is 1. The average Bonchev–Trinajstić information content (AvgIpc) is 3.13. The van der Waals surface area contributed by atoms with Crippen LogP contribution in [0.15, 0.2) is 18.2 Å². The Kier molecular flexibility index (Phi) is 3.62. The molecule has 0 bridgehead atoms. The Morgan fingerprint density at radius 3 is 2.53 bits per heavy atom. The van der Waals surface area contributed by atoms with E-state index in [4.69, 9.17) is 0 Å². The van der Waals surface area contributed by atoms with Crippen LogP contribution in [0.25, 0.3) is 0 Å². The minimum atomic E-state index is -0.0905. The van der Waals surface area contributed by atoms with Crippen molar-refractivity contribution in [3.8, 4) is 0 Å². The Morgan fingerprint density at radius 2 is 1.95 bits per heavy atom. The third-order valence-electron chi connectivity index (χ3n) is 5.07. The third kappa shape index (κ3) is 2.43. The normalized spacial score (nSPS) is 30.8. The van der Waals surface area contributed by atoms with Crippen LogP contribution in [-0.2, 0) is 0 Å². The quantitative estimate of drug-likeness (QED) is 0.855. The van der Waals surface area contributed by atoms with Gasteiger partial charge in [0.2, 0.25) is 0 Å². The molecule has 2 heteroatoms. The van der Waals surface area contributed by atoms with Gasteiger partial charge in [0.1, 0.15) is 5.82 Å². The van der Waals surface area contributed by atoms with Crippen molar-refractivity contribution >= 4 is 0 Å². The molecule has 2 saturated carbocycles.